The summed E-state index contributed by atoms with van der Waals surface area (Å²) in [5, 5.41) is 4.14. The quantitative estimate of drug-likeness (QED) is 0.748. The fraction of sp³-hybridized carbons (Fsp3) is 0.636. The molecule has 0 saturated carbocycles. The Balaban J connectivity index is 2.30. The van der Waals surface area contributed by atoms with Crippen LogP contribution in [-0.2, 0) is 13.5 Å². The fourth-order valence-corrected chi connectivity index (χ4v) is 1.64. The van der Waals surface area contributed by atoms with Gasteiger partial charge >= 0.3 is 0 Å². The Morgan fingerprint density at radius 1 is 1.69 bits per heavy atom. The average molecular weight is 240 g/mol. The van der Waals surface area contributed by atoms with Gasteiger partial charge in [0.25, 0.3) is 0 Å². The number of aryl methyl sites for hydroxylation is 1. The molecule has 1 aromatic heterocycles. The van der Waals surface area contributed by atoms with E-state index in [1.807, 2.05) is 24.1 Å². The number of nitrogens with two attached hydrogens (primary N) is 1. The number of likely N-dealkylation sites (N-methyl/N-ethyl adjacent to an activating group) is 1. The van der Waals surface area contributed by atoms with E-state index in [9.17, 15) is 0 Å². The highest BCUT2D eigenvalue weighted by molar-refractivity contribution is 7.80. The van der Waals surface area contributed by atoms with Gasteiger partial charge in [0.15, 0.2) is 0 Å². The Morgan fingerprint density at radius 3 is 2.88 bits per heavy atom. The normalized spacial score (nSPS) is 13.0. The van der Waals surface area contributed by atoms with Gasteiger partial charge in [-0.05, 0) is 19.0 Å². The molecule has 0 bridgehead atoms. The van der Waals surface area contributed by atoms with Crippen LogP contribution < -0.4 is 5.73 Å². The lowest BCUT2D eigenvalue weighted by molar-refractivity contribution is 0.319. The van der Waals surface area contributed by atoms with Gasteiger partial charge in [0.2, 0.25) is 0 Å². The SMILES string of the molecule is CC(CN(C)CCc1cnn(C)c1)C(N)=S. The Hall–Kier alpha value is -0.940. The molecule has 1 aromatic rings. The van der Waals surface area contributed by atoms with Crippen LogP contribution in [0.25, 0.3) is 0 Å². The molecule has 90 valence electrons. The van der Waals surface area contributed by atoms with Gasteiger partial charge in [0.1, 0.15) is 0 Å². The maximum atomic E-state index is 5.59. The summed E-state index contributed by atoms with van der Waals surface area (Å²) in [5.74, 6) is 0.272. The molecular weight excluding hydrogens is 220 g/mol. The zero-order valence-corrected chi connectivity index (χ0v) is 11.0. The molecule has 0 radical (unpaired) electrons. The molecule has 0 saturated heterocycles. The maximum Gasteiger partial charge on any atom is 0.0768 e. The third-order valence-electron chi connectivity index (χ3n) is 2.61. The summed E-state index contributed by atoms with van der Waals surface area (Å²) in [6.07, 6.45) is 4.96. The molecule has 0 aliphatic carbocycles. The van der Waals surface area contributed by atoms with Gasteiger partial charge in [0, 0.05) is 32.3 Å². The summed E-state index contributed by atoms with van der Waals surface area (Å²) in [5.41, 5.74) is 6.85. The largest absolute Gasteiger partial charge is 0.393 e. The molecular formula is C11H20N4S. The van der Waals surface area contributed by atoms with E-state index in [0.717, 1.165) is 19.5 Å². The van der Waals surface area contributed by atoms with E-state index in [1.54, 1.807) is 0 Å². The summed E-state index contributed by atoms with van der Waals surface area (Å²) in [4.78, 5) is 2.84. The molecule has 1 heterocycles. The molecule has 0 amide bonds. The summed E-state index contributed by atoms with van der Waals surface area (Å²) in [6, 6.07) is 0. The molecule has 0 spiro atoms. The van der Waals surface area contributed by atoms with Crippen molar-refractivity contribution in [1.29, 1.82) is 0 Å². The van der Waals surface area contributed by atoms with E-state index in [4.69, 9.17) is 18.0 Å². The summed E-state index contributed by atoms with van der Waals surface area (Å²) < 4.78 is 1.83. The lowest BCUT2D eigenvalue weighted by Crippen LogP contribution is -2.32. The smallest absolute Gasteiger partial charge is 0.0768 e. The molecule has 0 aliphatic rings. The highest BCUT2D eigenvalue weighted by Crippen LogP contribution is 2.02. The second kappa shape index (κ2) is 5.96. The van der Waals surface area contributed by atoms with Crippen molar-refractivity contribution in [2.24, 2.45) is 18.7 Å². The molecule has 4 nitrogen and oxygen atoms in total. The van der Waals surface area contributed by atoms with Crippen LogP contribution in [0.15, 0.2) is 12.4 Å². The van der Waals surface area contributed by atoms with Crippen molar-refractivity contribution >= 4 is 17.2 Å². The molecule has 0 fully saturated rings. The second-order valence-electron chi connectivity index (χ2n) is 4.34. The number of nitrogens with zero attached hydrogens (tertiary/aromatic N) is 3. The molecule has 16 heavy (non-hydrogen) atoms. The van der Waals surface area contributed by atoms with Crippen LogP contribution in [0.1, 0.15) is 12.5 Å². The number of rotatable bonds is 6. The van der Waals surface area contributed by atoms with Crippen LogP contribution in [0, 0.1) is 5.92 Å². The van der Waals surface area contributed by atoms with Gasteiger partial charge in [-0.3, -0.25) is 4.68 Å². The monoisotopic (exact) mass is 240 g/mol. The van der Waals surface area contributed by atoms with Gasteiger partial charge in [-0.1, -0.05) is 19.1 Å². The Bertz CT molecular complexity index is 348. The third kappa shape index (κ3) is 4.28. The number of hydrogen-bond donors (Lipinski definition) is 1. The number of hydrogen-bond acceptors (Lipinski definition) is 3. The lowest BCUT2D eigenvalue weighted by atomic mass is 10.1. The first kappa shape index (κ1) is 13.1. The molecule has 0 aromatic carbocycles. The molecule has 2 N–H and O–H groups in total. The van der Waals surface area contributed by atoms with E-state index >= 15 is 0 Å². The topological polar surface area (TPSA) is 47.1 Å². The standard InChI is InChI=1S/C11H20N4S/c1-9(11(12)16)7-14(2)5-4-10-6-13-15(3)8-10/h6,8-9H,4-5,7H2,1-3H3,(H2,12,16). The van der Waals surface area contributed by atoms with Gasteiger partial charge < -0.3 is 10.6 Å². The zero-order valence-electron chi connectivity index (χ0n) is 10.2. The van der Waals surface area contributed by atoms with Crippen LogP contribution in [-0.4, -0.2) is 39.8 Å². The van der Waals surface area contributed by atoms with E-state index in [2.05, 4.69) is 24.0 Å². The molecule has 5 heteroatoms. The van der Waals surface area contributed by atoms with Crippen molar-refractivity contribution in [3.8, 4) is 0 Å². The van der Waals surface area contributed by atoms with Crippen LogP contribution in [0.4, 0.5) is 0 Å². The van der Waals surface area contributed by atoms with Crippen LogP contribution in [0.2, 0.25) is 0 Å². The summed E-state index contributed by atoms with van der Waals surface area (Å²) in [7, 11) is 4.02. The first-order chi connectivity index (χ1) is 7.49. The van der Waals surface area contributed by atoms with Crippen molar-refractivity contribution in [2.75, 3.05) is 20.1 Å². The molecule has 1 atom stereocenters. The van der Waals surface area contributed by atoms with Crippen molar-refractivity contribution in [1.82, 2.24) is 14.7 Å². The Kier molecular flexibility index (Phi) is 4.89. The highest BCUT2D eigenvalue weighted by atomic mass is 32.1. The summed E-state index contributed by atoms with van der Waals surface area (Å²) >= 11 is 4.96. The number of thiocarbonyl (C=S) groups is 1. The first-order valence-electron chi connectivity index (χ1n) is 5.44. The second-order valence-corrected chi connectivity index (χ2v) is 4.81. The maximum absolute atomic E-state index is 5.59. The van der Waals surface area contributed by atoms with E-state index in [1.165, 1.54) is 5.56 Å². The van der Waals surface area contributed by atoms with Crippen molar-refractivity contribution in [3.63, 3.8) is 0 Å². The molecule has 1 unspecified atom stereocenters. The van der Waals surface area contributed by atoms with E-state index < -0.39 is 0 Å². The average Bonchev–Trinajstić information content (AvgIpc) is 2.61. The highest BCUT2D eigenvalue weighted by Gasteiger charge is 2.08. The Labute approximate surface area is 102 Å². The third-order valence-corrected chi connectivity index (χ3v) is 3.01. The van der Waals surface area contributed by atoms with Crippen LogP contribution in [0.5, 0.6) is 0 Å². The van der Waals surface area contributed by atoms with Gasteiger partial charge in [-0.2, -0.15) is 5.10 Å². The lowest BCUT2D eigenvalue weighted by Gasteiger charge is -2.20. The van der Waals surface area contributed by atoms with E-state index in [-0.39, 0.29) is 5.92 Å². The van der Waals surface area contributed by atoms with E-state index in [0.29, 0.717) is 4.99 Å². The zero-order chi connectivity index (χ0) is 12.1. The predicted octanol–water partition coefficient (Wildman–Crippen LogP) is 0.817. The minimum atomic E-state index is 0.272. The minimum absolute atomic E-state index is 0.272. The number of aromatic nitrogens is 2. The molecule has 0 aliphatic heterocycles. The summed E-state index contributed by atoms with van der Waals surface area (Å²) in [6.45, 7) is 3.97. The Morgan fingerprint density at radius 2 is 2.38 bits per heavy atom. The van der Waals surface area contributed by atoms with Crippen molar-refractivity contribution in [3.05, 3.63) is 18.0 Å². The minimum Gasteiger partial charge on any atom is -0.393 e. The van der Waals surface area contributed by atoms with Gasteiger partial charge in [0.05, 0.1) is 11.2 Å². The predicted molar refractivity (Wildman–Crippen MR) is 70.4 cm³/mol. The van der Waals surface area contributed by atoms with Gasteiger partial charge in [-0.25, -0.2) is 0 Å². The van der Waals surface area contributed by atoms with Crippen molar-refractivity contribution in [2.45, 2.75) is 13.3 Å². The van der Waals surface area contributed by atoms with Gasteiger partial charge in [-0.15, -0.1) is 0 Å². The van der Waals surface area contributed by atoms with Crippen molar-refractivity contribution < 1.29 is 0 Å². The first-order valence-corrected chi connectivity index (χ1v) is 5.85. The molecule has 1 rings (SSSR count). The fourth-order valence-electron chi connectivity index (χ4n) is 1.57. The van der Waals surface area contributed by atoms with Crippen LogP contribution >= 0.6 is 12.2 Å². The van der Waals surface area contributed by atoms with Crippen LogP contribution in [0.3, 0.4) is 0 Å².